The Morgan fingerprint density at radius 1 is 1.39 bits per heavy atom. The number of likely N-dealkylation sites (tertiary alicyclic amines) is 1. The number of anilines is 1. The van der Waals surface area contributed by atoms with Crippen LogP contribution < -0.4 is 10.1 Å². The molecule has 0 aromatic heterocycles. The average Bonchev–Trinajstić information content (AvgIpc) is 2.54. The minimum Gasteiger partial charge on any atom is -0.495 e. The van der Waals surface area contributed by atoms with Crippen molar-refractivity contribution in [3.63, 3.8) is 0 Å². The second kappa shape index (κ2) is 7.55. The van der Waals surface area contributed by atoms with Crippen molar-refractivity contribution in [2.45, 2.75) is 12.8 Å². The molecule has 1 aromatic carbocycles. The lowest BCUT2D eigenvalue weighted by Crippen LogP contribution is -2.47. The van der Waals surface area contributed by atoms with Gasteiger partial charge in [-0.2, -0.15) is 0 Å². The van der Waals surface area contributed by atoms with Gasteiger partial charge in [0.05, 0.1) is 18.7 Å². The van der Waals surface area contributed by atoms with Crippen LogP contribution in [0.5, 0.6) is 5.75 Å². The number of amides is 3. The molecule has 7 heteroatoms. The van der Waals surface area contributed by atoms with Crippen molar-refractivity contribution in [1.29, 1.82) is 0 Å². The Bertz CT molecular complexity index is 592. The molecule has 1 fully saturated rings. The van der Waals surface area contributed by atoms with E-state index in [2.05, 4.69) is 5.32 Å². The van der Waals surface area contributed by atoms with Gasteiger partial charge < -0.3 is 19.9 Å². The second-order valence-electron chi connectivity index (χ2n) is 5.80. The molecule has 1 aromatic rings. The van der Waals surface area contributed by atoms with Gasteiger partial charge in [0.2, 0.25) is 5.91 Å². The number of hydrogen-bond acceptors (Lipinski definition) is 3. The molecule has 0 saturated carbocycles. The number of rotatable bonds is 3. The van der Waals surface area contributed by atoms with E-state index in [9.17, 15) is 9.59 Å². The van der Waals surface area contributed by atoms with Crippen LogP contribution in [0.15, 0.2) is 18.2 Å². The summed E-state index contributed by atoms with van der Waals surface area (Å²) in [7, 11) is 4.96. The first-order chi connectivity index (χ1) is 10.9. The monoisotopic (exact) mass is 339 g/mol. The molecule has 0 aliphatic carbocycles. The van der Waals surface area contributed by atoms with Gasteiger partial charge in [0, 0.05) is 32.2 Å². The molecule has 1 aliphatic rings. The third-order valence-electron chi connectivity index (χ3n) is 3.86. The maximum Gasteiger partial charge on any atom is 0.319 e. The van der Waals surface area contributed by atoms with Crippen molar-refractivity contribution in [3.8, 4) is 5.75 Å². The van der Waals surface area contributed by atoms with Crippen molar-refractivity contribution < 1.29 is 14.3 Å². The van der Waals surface area contributed by atoms with Crippen molar-refractivity contribution in [1.82, 2.24) is 9.80 Å². The van der Waals surface area contributed by atoms with E-state index in [1.807, 2.05) is 0 Å². The van der Waals surface area contributed by atoms with Crippen LogP contribution in [-0.2, 0) is 4.79 Å². The van der Waals surface area contributed by atoms with Crippen LogP contribution in [0.2, 0.25) is 5.02 Å². The predicted molar refractivity (Wildman–Crippen MR) is 90.0 cm³/mol. The Morgan fingerprint density at radius 3 is 2.78 bits per heavy atom. The number of benzene rings is 1. The van der Waals surface area contributed by atoms with Gasteiger partial charge >= 0.3 is 6.03 Å². The zero-order valence-electron chi connectivity index (χ0n) is 13.6. The Hall–Kier alpha value is -1.95. The minimum atomic E-state index is -0.240. The number of nitrogens with one attached hydrogen (secondary N) is 1. The fourth-order valence-electron chi connectivity index (χ4n) is 2.66. The topological polar surface area (TPSA) is 61.9 Å². The molecule has 23 heavy (non-hydrogen) atoms. The van der Waals surface area contributed by atoms with Crippen LogP contribution in [0.1, 0.15) is 12.8 Å². The summed E-state index contributed by atoms with van der Waals surface area (Å²) in [4.78, 5) is 27.8. The van der Waals surface area contributed by atoms with Gasteiger partial charge in [0.15, 0.2) is 0 Å². The maximum atomic E-state index is 12.5. The molecule has 0 radical (unpaired) electrons. The van der Waals surface area contributed by atoms with Crippen LogP contribution in [0.3, 0.4) is 0 Å². The van der Waals surface area contributed by atoms with Crippen LogP contribution in [0.25, 0.3) is 0 Å². The molecule has 1 heterocycles. The highest BCUT2D eigenvalue weighted by Crippen LogP contribution is 2.29. The summed E-state index contributed by atoms with van der Waals surface area (Å²) < 4.78 is 5.23. The Labute approximate surface area is 141 Å². The molecule has 1 aliphatic heterocycles. The summed E-state index contributed by atoms with van der Waals surface area (Å²) in [6.07, 6.45) is 1.57. The van der Waals surface area contributed by atoms with Gasteiger partial charge in [-0.3, -0.25) is 4.79 Å². The van der Waals surface area contributed by atoms with E-state index in [4.69, 9.17) is 16.3 Å². The van der Waals surface area contributed by atoms with E-state index in [1.165, 1.54) is 12.0 Å². The highest BCUT2D eigenvalue weighted by molar-refractivity contribution is 6.31. The number of methoxy groups -OCH3 is 1. The van der Waals surface area contributed by atoms with Crippen molar-refractivity contribution in [3.05, 3.63) is 23.2 Å². The highest BCUT2D eigenvalue weighted by Gasteiger charge is 2.29. The van der Waals surface area contributed by atoms with Crippen LogP contribution >= 0.6 is 11.6 Å². The molecule has 0 spiro atoms. The van der Waals surface area contributed by atoms with E-state index in [0.29, 0.717) is 29.5 Å². The van der Waals surface area contributed by atoms with Crippen molar-refractivity contribution in [2.24, 2.45) is 5.92 Å². The zero-order chi connectivity index (χ0) is 17.0. The van der Waals surface area contributed by atoms with Crippen molar-refractivity contribution >= 4 is 29.2 Å². The summed E-state index contributed by atoms with van der Waals surface area (Å²) in [6.45, 7) is 1.10. The third-order valence-corrected chi connectivity index (χ3v) is 4.10. The van der Waals surface area contributed by atoms with Gasteiger partial charge in [-0.1, -0.05) is 11.6 Å². The first-order valence-corrected chi connectivity index (χ1v) is 7.90. The SMILES string of the molecule is COc1ccc(Cl)cc1NC(=O)[C@H]1CCCN(C(=O)N(C)C)C1. The highest BCUT2D eigenvalue weighted by atomic mass is 35.5. The number of carbonyl (C=O) groups excluding carboxylic acids is 2. The number of carbonyl (C=O) groups is 2. The van der Waals surface area contributed by atoms with Gasteiger partial charge in [-0.05, 0) is 31.0 Å². The molecule has 1 atom stereocenters. The van der Waals surface area contributed by atoms with Crippen LogP contribution in [0.4, 0.5) is 10.5 Å². The van der Waals surface area contributed by atoms with E-state index >= 15 is 0 Å². The lowest BCUT2D eigenvalue weighted by atomic mass is 9.97. The standard InChI is InChI=1S/C16H22ClN3O3/c1-19(2)16(22)20-8-4-5-11(10-20)15(21)18-13-9-12(17)6-7-14(13)23-3/h6-7,9,11H,4-5,8,10H2,1-3H3,(H,18,21)/t11-/m0/s1. The van der Waals surface area contributed by atoms with Gasteiger partial charge in [0.1, 0.15) is 5.75 Å². The normalized spacial score (nSPS) is 17.6. The Kier molecular flexibility index (Phi) is 5.71. The molecular weight excluding hydrogens is 318 g/mol. The quantitative estimate of drug-likeness (QED) is 0.921. The number of piperidine rings is 1. The molecule has 1 saturated heterocycles. The molecule has 126 valence electrons. The summed E-state index contributed by atoms with van der Waals surface area (Å²) >= 11 is 5.98. The molecular formula is C16H22ClN3O3. The van der Waals surface area contributed by atoms with E-state index < -0.39 is 0 Å². The van der Waals surface area contributed by atoms with Crippen molar-refractivity contribution in [2.75, 3.05) is 39.6 Å². The largest absolute Gasteiger partial charge is 0.495 e. The fourth-order valence-corrected chi connectivity index (χ4v) is 2.83. The molecule has 0 unspecified atom stereocenters. The van der Waals surface area contributed by atoms with E-state index in [0.717, 1.165) is 12.8 Å². The summed E-state index contributed by atoms with van der Waals surface area (Å²) in [6, 6.07) is 5.00. The summed E-state index contributed by atoms with van der Waals surface area (Å²) in [5.41, 5.74) is 0.543. The molecule has 0 bridgehead atoms. The van der Waals surface area contributed by atoms with Gasteiger partial charge in [-0.25, -0.2) is 4.79 Å². The smallest absolute Gasteiger partial charge is 0.319 e. The fraction of sp³-hybridized carbons (Fsp3) is 0.500. The third kappa shape index (κ3) is 4.28. The Morgan fingerprint density at radius 2 is 2.13 bits per heavy atom. The molecule has 1 N–H and O–H groups in total. The van der Waals surface area contributed by atoms with Crippen LogP contribution in [-0.4, -0.2) is 56.0 Å². The number of urea groups is 1. The minimum absolute atomic E-state index is 0.0668. The second-order valence-corrected chi connectivity index (χ2v) is 6.23. The zero-order valence-corrected chi connectivity index (χ0v) is 14.4. The number of nitrogens with zero attached hydrogens (tertiary/aromatic N) is 2. The Balaban J connectivity index is 2.06. The summed E-state index contributed by atoms with van der Waals surface area (Å²) in [5, 5.41) is 3.38. The van der Waals surface area contributed by atoms with E-state index in [-0.39, 0.29) is 17.9 Å². The molecule has 3 amide bonds. The predicted octanol–water partition coefficient (Wildman–Crippen LogP) is 2.68. The van der Waals surface area contributed by atoms with Gasteiger partial charge in [-0.15, -0.1) is 0 Å². The first-order valence-electron chi connectivity index (χ1n) is 7.53. The number of halogens is 1. The van der Waals surface area contributed by atoms with E-state index in [1.54, 1.807) is 37.2 Å². The molecule has 2 rings (SSSR count). The van der Waals surface area contributed by atoms with Gasteiger partial charge in [0.25, 0.3) is 0 Å². The average molecular weight is 340 g/mol. The first kappa shape index (κ1) is 17.4. The summed E-state index contributed by atoms with van der Waals surface area (Å²) in [5.74, 6) is 0.193. The lowest BCUT2D eigenvalue weighted by molar-refractivity contribution is -0.121. The van der Waals surface area contributed by atoms with Crippen LogP contribution in [0, 0.1) is 5.92 Å². The number of hydrogen-bond donors (Lipinski definition) is 1. The lowest BCUT2D eigenvalue weighted by Gasteiger charge is -2.33. The maximum absolute atomic E-state index is 12.5. The molecule has 6 nitrogen and oxygen atoms in total. The number of ether oxygens (including phenoxy) is 1.